The molecule has 4 rings (SSSR count). The average Bonchev–Trinajstić information content (AvgIpc) is 2.73. The molecule has 0 saturated carbocycles. The highest BCUT2D eigenvalue weighted by Crippen LogP contribution is 2.40. The fourth-order valence-corrected chi connectivity index (χ4v) is 4.94. The van der Waals surface area contributed by atoms with Gasteiger partial charge < -0.3 is 25.1 Å². The standard InChI is InChI=1S/C22H24F3N6O2P/c1-31-9-8-15-13(12-31)10-17(20(32)28-15)29-21-26-11-14(22(23,24)25)19(30-21)27-16-6-4-5-7-18(16)34(2,3)33/h4-7,10-11H,8-9,12H2,1-3H3,(H,28,32)(H2,26,27,29,30). The number of rotatable bonds is 5. The Morgan fingerprint density at radius 3 is 2.59 bits per heavy atom. The van der Waals surface area contributed by atoms with Crippen LogP contribution in [0.15, 0.2) is 41.3 Å². The summed E-state index contributed by atoms with van der Waals surface area (Å²) in [5.74, 6) is -0.696. The molecule has 1 aliphatic rings. The second-order valence-electron chi connectivity index (χ2n) is 8.58. The number of para-hydroxylation sites is 1. The number of pyridine rings is 1. The molecule has 3 aromatic rings. The van der Waals surface area contributed by atoms with Gasteiger partial charge in [0.05, 0.1) is 5.69 Å². The van der Waals surface area contributed by atoms with Crippen molar-refractivity contribution in [1.82, 2.24) is 19.9 Å². The van der Waals surface area contributed by atoms with Gasteiger partial charge in [-0.05, 0) is 44.1 Å². The Bertz CT molecular complexity index is 1330. The number of H-pyrrole nitrogens is 1. The quantitative estimate of drug-likeness (QED) is 0.464. The van der Waals surface area contributed by atoms with Crippen LogP contribution in [0, 0.1) is 0 Å². The lowest BCUT2D eigenvalue weighted by Gasteiger charge is -2.24. The van der Waals surface area contributed by atoms with Gasteiger partial charge in [0.1, 0.15) is 24.2 Å². The van der Waals surface area contributed by atoms with Gasteiger partial charge in [-0.15, -0.1) is 0 Å². The Balaban J connectivity index is 1.73. The van der Waals surface area contributed by atoms with Crippen LogP contribution in [0.4, 0.5) is 36.3 Å². The van der Waals surface area contributed by atoms with E-state index in [-0.39, 0.29) is 17.3 Å². The third kappa shape index (κ3) is 5.15. The van der Waals surface area contributed by atoms with E-state index in [1.54, 1.807) is 24.3 Å². The molecule has 2 aromatic heterocycles. The van der Waals surface area contributed by atoms with Gasteiger partial charge in [0, 0.05) is 36.7 Å². The van der Waals surface area contributed by atoms with Crippen molar-refractivity contribution in [3.63, 3.8) is 0 Å². The van der Waals surface area contributed by atoms with E-state index in [0.29, 0.717) is 24.5 Å². The number of hydrogen-bond acceptors (Lipinski definition) is 7. The summed E-state index contributed by atoms with van der Waals surface area (Å²) in [6.07, 6.45) is -3.38. The van der Waals surface area contributed by atoms with Crippen LogP contribution in [0.5, 0.6) is 0 Å². The SMILES string of the molecule is CN1CCc2[nH]c(=O)c(Nc3ncc(C(F)(F)F)c(Nc4ccccc4P(C)(C)=O)n3)cc2C1. The van der Waals surface area contributed by atoms with Crippen LogP contribution in [0.25, 0.3) is 0 Å². The number of nitrogens with one attached hydrogen (secondary N) is 3. The summed E-state index contributed by atoms with van der Waals surface area (Å²) in [7, 11) is -0.831. The molecule has 3 N–H and O–H groups in total. The van der Waals surface area contributed by atoms with Gasteiger partial charge in [-0.1, -0.05) is 12.1 Å². The summed E-state index contributed by atoms with van der Waals surface area (Å²) in [6, 6.07) is 8.09. The van der Waals surface area contributed by atoms with Gasteiger partial charge >= 0.3 is 6.18 Å². The second kappa shape index (κ2) is 8.88. The van der Waals surface area contributed by atoms with Gasteiger partial charge in [-0.3, -0.25) is 4.79 Å². The van der Waals surface area contributed by atoms with Crippen LogP contribution < -0.4 is 21.5 Å². The number of halogens is 3. The maximum atomic E-state index is 13.7. The Kier molecular flexibility index (Phi) is 6.26. The topological polar surface area (TPSA) is 103 Å². The van der Waals surface area contributed by atoms with E-state index < -0.39 is 30.3 Å². The van der Waals surface area contributed by atoms with Crippen molar-refractivity contribution in [2.45, 2.75) is 19.1 Å². The minimum atomic E-state index is -4.73. The van der Waals surface area contributed by atoms with Crippen LogP contribution in [-0.4, -0.2) is 46.8 Å². The van der Waals surface area contributed by atoms with E-state index in [0.717, 1.165) is 17.8 Å². The van der Waals surface area contributed by atoms with Crippen LogP contribution >= 0.6 is 7.14 Å². The third-order valence-electron chi connectivity index (χ3n) is 5.48. The van der Waals surface area contributed by atoms with Crippen molar-refractivity contribution in [2.24, 2.45) is 0 Å². The number of fused-ring (bicyclic) bond motifs is 1. The van der Waals surface area contributed by atoms with Crippen molar-refractivity contribution >= 4 is 35.6 Å². The predicted octanol–water partition coefficient (Wildman–Crippen LogP) is 3.91. The van der Waals surface area contributed by atoms with E-state index in [1.807, 2.05) is 7.05 Å². The van der Waals surface area contributed by atoms with E-state index >= 15 is 0 Å². The van der Waals surface area contributed by atoms with Crippen LogP contribution in [0.3, 0.4) is 0 Å². The molecule has 34 heavy (non-hydrogen) atoms. The first-order valence-electron chi connectivity index (χ1n) is 10.5. The fourth-order valence-electron chi connectivity index (χ4n) is 3.78. The van der Waals surface area contributed by atoms with Crippen LogP contribution in [-0.2, 0) is 23.7 Å². The molecule has 0 spiro atoms. The summed E-state index contributed by atoms with van der Waals surface area (Å²) in [5.41, 5.74) is 0.633. The van der Waals surface area contributed by atoms with Crippen molar-refractivity contribution < 1.29 is 17.7 Å². The molecule has 0 fully saturated rings. The van der Waals surface area contributed by atoms with Crippen molar-refractivity contribution in [2.75, 3.05) is 37.6 Å². The van der Waals surface area contributed by atoms with Crippen molar-refractivity contribution in [1.29, 1.82) is 0 Å². The molecule has 12 heteroatoms. The van der Waals surface area contributed by atoms with Crippen LogP contribution in [0.2, 0.25) is 0 Å². The van der Waals surface area contributed by atoms with Gasteiger partial charge in [-0.2, -0.15) is 18.2 Å². The lowest BCUT2D eigenvalue weighted by Crippen LogP contribution is -2.29. The minimum Gasteiger partial charge on any atom is -0.339 e. The molecule has 8 nitrogen and oxygen atoms in total. The molecule has 0 amide bonds. The molecule has 180 valence electrons. The summed E-state index contributed by atoms with van der Waals surface area (Å²) in [5, 5.41) is 5.81. The highest BCUT2D eigenvalue weighted by molar-refractivity contribution is 7.70. The Hall–Kier alpha value is -3.17. The van der Waals surface area contributed by atoms with E-state index in [9.17, 15) is 22.5 Å². The summed E-state index contributed by atoms with van der Waals surface area (Å²) < 4.78 is 53.7. The second-order valence-corrected chi connectivity index (χ2v) is 11.8. The minimum absolute atomic E-state index is 0.131. The van der Waals surface area contributed by atoms with Gasteiger partial charge in [0.25, 0.3) is 5.56 Å². The predicted molar refractivity (Wildman–Crippen MR) is 126 cm³/mol. The number of nitrogens with zero attached hydrogens (tertiary/aromatic N) is 3. The van der Waals surface area contributed by atoms with E-state index in [2.05, 4.69) is 30.5 Å². The lowest BCUT2D eigenvalue weighted by atomic mass is 10.1. The average molecular weight is 492 g/mol. The Morgan fingerprint density at radius 1 is 1.15 bits per heavy atom. The number of benzene rings is 1. The zero-order valence-electron chi connectivity index (χ0n) is 18.8. The summed E-state index contributed by atoms with van der Waals surface area (Å²) in [6.45, 7) is 4.51. The van der Waals surface area contributed by atoms with E-state index in [1.165, 1.54) is 19.4 Å². The first kappa shape index (κ1) is 24.0. The highest BCUT2D eigenvalue weighted by Gasteiger charge is 2.36. The molecule has 1 aliphatic heterocycles. The van der Waals surface area contributed by atoms with Crippen molar-refractivity contribution in [3.05, 3.63) is 63.7 Å². The molecule has 0 unspecified atom stereocenters. The van der Waals surface area contributed by atoms with Crippen molar-refractivity contribution in [3.8, 4) is 0 Å². The molecule has 0 saturated heterocycles. The van der Waals surface area contributed by atoms with Gasteiger partial charge in [0.2, 0.25) is 5.95 Å². The summed E-state index contributed by atoms with van der Waals surface area (Å²) >= 11 is 0. The number of hydrogen-bond donors (Lipinski definition) is 3. The van der Waals surface area contributed by atoms with Crippen LogP contribution in [0.1, 0.15) is 16.8 Å². The molecule has 0 bridgehead atoms. The van der Waals surface area contributed by atoms with Gasteiger partial charge in [-0.25, -0.2) is 4.98 Å². The first-order valence-corrected chi connectivity index (χ1v) is 13.1. The fraction of sp³-hybridized carbons (Fsp3) is 0.318. The number of likely N-dealkylation sites (N-methyl/N-ethyl adjacent to an activating group) is 1. The normalized spacial score (nSPS) is 14.5. The molecule has 1 aromatic carbocycles. The molecule has 3 heterocycles. The molecule has 0 radical (unpaired) electrons. The Labute approximate surface area is 194 Å². The largest absolute Gasteiger partial charge is 0.421 e. The maximum Gasteiger partial charge on any atom is 0.421 e. The van der Waals surface area contributed by atoms with Gasteiger partial charge in [0.15, 0.2) is 0 Å². The number of aromatic amines is 1. The third-order valence-corrected chi connectivity index (χ3v) is 7.03. The number of anilines is 4. The maximum absolute atomic E-state index is 13.7. The summed E-state index contributed by atoms with van der Waals surface area (Å²) in [4.78, 5) is 25.2. The van der Waals surface area contributed by atoms with E-state index in [4.69, 9.17) is 0 Å². The zero-order valence-corrected chi connectivity index (χ0v) is 19.7. The number of aromatic nitrogens is 3. The number of alkyl halides is 3. The molecule has 0 aliphatic carbocycles. The Morgan fingerprint density at radius 2 is 1.88 bits per heavy atom. The molecular weight excluding hydrogens is 468 g/mol. The highest BCUT2D eigenvalue weighted by atomic mass is 31.2. The molecule has 0 atom stereocenters. The first-order chi connectivity index (χ1) is 15.9. The molecular formula is C22H24F3N6O2P. The monoisotopic (exact) mass is 492 g/mol. The smallest absolute Gasteiger partial charge is 0.339 e. The zero-order chi connectivity index (χ0) is 24.7. The lowest BCUT2D eigenvalue weighted by molar-refractivity contribution is -0.137.